The molecule has 0 spiro atoms. The summed E-state index contributed by atoms with van der Waals surface area (Å²) in [5.41, 5.74) is 1.80. The Balaban J connectivity index is 0.00000147. The highest BCUT2D eigenvalue weighted by molar-refractivity contribution is 7.85. The maximum atomic E-state index is 12.2. The van der Waals surface area contributed by atoms with Crippen LogP contribution in [0.5, 0.6) is 0 Å². The van der Waals surface area contributed by atoms with Gasteiger partial charge in [-0.05, 0) is 43.5 Å². The number of piperidine rings is 1. The molecular weight excluding hydrogens is 296 g/mol. The van der Waals surface area contributed by atoms with Crippen molar-refractivity contribution in [2.75, 3.05) is 18.8 Å². The summed E-state index contributed by atoms with van der Waals surface area (Å²) in [4.78, 5) is 15.1. The standard InChI is InChI=1S/C14H20N2O2S.ClH/c1-14(2)8-19(18)13-11(14)7-10(12(17)16-13)9-3-5-15-6-4-9;/h7,9,15H,3-6,8H2,1-2H3,(H,16,17);1H. The summed E-state index contributed by atoms with van der Waals surface area (Å²) in [6.07, 6.45) is 2.01. The fraction of sp³-hybridized carbons (Fsp3) is 0.643. The van der Waals surface area contributed by atoms with Crippen molar-refractivity contribution in [1.82, 2.24) is 10.3 Å². The first-order valence-corrected chi connectivity index (χ1v) is 8.18. The van der Waals surface area contributed by atoms with Crippen molar-refractivity contribution in [3.63, 3.8) is 0 Å². The molecule has 4 nitrogen and oxygen atoms in total. The largest absolute Gasteiger partial charge is 0.317 e. The zero-order valence-electron chi connectivity index (χ0n) is 11.8. The second-order valence-electron chi connectivity index (χ2n) is 6.19. The Kier molecular flexibility index (Phi) is 4.42. The molecule has 0 saturated carbocycles. The van der Waals surface area contributed by atoms with Crippen LogP contribution in [0, 0.1) is 0 Å². The minimum atomic E-state index is -1.06. The van der Waals surface area contributed by atoms with Crippen LogP contribution in [-0.4, -0.2) is 28.0 Å². The van der Waals surface area contributed by atoms with Gasteiger partial charge < -0.3 is 10.3 Å². The second-order valence-corrected chi connectivity index (χ2v) is 7.58. The molecule has 1 aromatic heterocycles. The molecule has 3 rings (SSSR count). The lowest BCUT2D eigenvalue weighted by Gasteiger charge is -2.24. The van der Waals surface area contributed by atoms with Crippen LogP contribution in [0.1, 0.15) is 43.7 Å². The van der Waals surface area contributed by atoms with Gasteiger partial charge in [0.2, 0.25) is 0 Å². The fourth-order valence-electron chi connectivity index (χ4n) is 3.13. The monoisotopic (exact) mass is 316 g/mol. The van der Waals surface area contributed by atoms with Crippen molar-refractivity contribution in [3.05, 3.63) is 27.5 Å². The number of nitrogens with one attached hydrogen (secondary N) is 2. The summed E-state index contributed by atoms with van der Waals surface area (Å²) in [6, 6.07) is 2.02. The van der Waals surface area contributed by atoms with E-state index >= 15 is 0 Å². The quantitative estimate of drug-likeness (QED) is 0.828. The van der Waals surface area contributed by atoms with Crippen molar-refractivity contribution in [1.29, 1.82) is 0 Å². The lowest BCUT2D eigenvalue weighted by atomic mass is 9.84. The third kappa shape index (κ3) is 2.59. The average Bonchev–Trinajstić information content (AvgIpc) is 2.59. The maximum Gasteiger partial charge on any atom is 0.252 e. The summed E-state index contributed by atoms with van der Waals surface area (Å²) < 4.78 is 12.1. The molecule has 6 heteroatoms. The zero-order valence-corrected chi connectivity index (χ0v) is 13.5. The lowest BCUT2D eigenvalue weighted by molar-refractivity contribution is 0.455. The smallest absolute Gasteiger partial charge is 0.252 e. The molecule has 112 valence electrons. The fourth-order valence-corrected chi connectivity index (χ4v) is 4.87. The van der Waals surface area contributed by atoms with E-state index in [0.29, 0.717) is 16.7 Å². The van der Waals surface area contributed by atoms with Gasteiger partial charge in [0.15, 0.2) is 0 Å². The van der Waals surface area contributed by atoms with Gasteiger partial charge in [0, 0.05) is 16.7 Å². The highest BCUT2D eigenvalue weighted by Gasteiger charge is 2.37. The van der Waals surface area contributed by atoms with Crippen molar-refractivity contribution in [2.45, 2.75) is 43.0 Å². The average molecular weight is 317 g/mol. The van der Waals surface area contributed by atoms with E-state index in [1.54, 1.807) is 0 Å². The van der Waals surface area contributed by atoms with Crippen LogP contribution in [0.4, 0.5) is 0 Å². The Bertz CT molecular complexity index is 591. The van der Waals surface area contributed by atoms with E-state index in [2.05, 4.69) is 24.1 Å². The predicted molar refractivity (Wildman–Crippen MR) is 83.5 cm³/mol. The molecule has 2 aliphatic heterocycles. The van der Waals surface area contributed by atoms with Crippen LogP contribution in [-0.2, 0) is 16.2 Å². The first kappa shape index (κ1) is 15.7. The lowest BCUT2D eigenvalue weighted by Crippen LogP contribution is -2.30. The first-order valence-electron chi connectivity index (χ1n) is 6.86. The second kappa shape index (κ2) is 5.62. The Labute approximate surface area is 127 Å². The van der Waals surface area contributed by atoms with Gasteiger partial charge in [-0.3, -0.25) is 9.00 Å². The molecule has 0 aromatic carbocycles. The molecule has 1 unspecified atom stereocenters. The number of pyridine rings is 1. The van der Waals surface area contributed by atoms with Crippen LogP contribution in [0.15, 0.2) is 15.9 Å². The zero-order chi connectivity index (χ0) is 13.6. The van der Waals surface area contributed by atoms with Gasteiger partial charge in [-0.1, -0.05) is 13.8 Å². The highest BCUT2D eigenvalue weighted by Crippen LogP contribution is 2.37. The van der Waals surface area contributed by atoms with E-state index in [-0.39, 0.29) is 23.4 Å². The van der Waals surface area contributed by atoms with Gasteiger partial charge in [-0.15, -0.1) is 12.4 Å². The Hall–Kier alpha value is -0.650. The van der Waals surface area contributed by atoms with Gasteiger partial charge in [0.25, 0.3) is 5.56 Å². The molecule has 1 saturated heterocycles. The molecule has 3 heterocycles. The molecule has 0 amide bonds. The summed E-state index contributed by atoms with van der Waals surface area (Å²) in [5, 5.41) is 3.96. The van der Waals surface area contributed by atoms with Crippen molar-refractivity contribution >= 4 is 23.2 Å². The van der Waals surface area contributed by atoms with Crippen LogP contribution >= 0.6 is 12.4 Å². The summed E-state index contributed by atoms with van der Waals surface area (Å²) in [6.45, 7) is 6.13. The van der Waals surface area contributed by atoms with Gasteiger partial charge in [-0.25, -0.2) is 0 Å². The molecular formula is C14H21ClN2O2S. The number of halogens is 1. The molecule has 1 atom stereocenters. The van der Waals surface area contributed by atoms with Gasteiger partial charge in [0.05, 0.1) is 10.8 Å². The molecule has 2 aliphatic rings. The Morgan fingerprint density at radius 1 is 1.30 bits per heavy atom. The van der Waals surface area contributed by atoms with Crippen LogP contribution in [0.25, 0.3) is 0 Å². The Morgan fingerprint density at radius 2 is 1.95 bits per heavy atom. The molecule has 1 aromatic rings. The van der Waals surface area contributed by atoms with Crippen molar-refractivity contribution in [3.8, 4) is 0 Å². The van der Waals surface area contributed by atoms with Crippen LogP contribution in [0.3, 0.4) is 0 Å². The molecule has 1 fully saturated rings. The van der Waals surface area contributed by atoms with Gasteiger partial charge in [-0.2, -0.15) is 0 Å². The maximum absolute atomic E-state index is 12.2. The molecule has 20 heavy (non-hydrogen) atoms. The number of hydrogen-bond acceptors (Lipinski definition) is 3. The number of fused-ring (bicyclic) bond motifs is 1. The van der Waals surface area contributed by atoms with Crippen molar-refractivity contribution < 1.29 is 4.21 Å². The van der Waals surface area contributed by atoms with E-state index in [1.165, 1.54) is 0 Å². The van der Waals surface area contributed by atoms with Crippen molar-refractivity contribution in [2.24, 2.45) is 0 Å². The topological polar surface area (TPSA) is 62.0 Å². The highest BCUT2D eigenvalue weighted by atomic mass is 35.5. The molecule has 2 N–H and O–H groups in total. The minimum Gasteiger partial charge on any atom is -0.317 e. The molecule has 0 bridgehead atoms. The number of aromatic nitrogens is 1. The van der Waals surface area contributed by atoms with E-state index in [9.17, 15) is 9.00 Å². The SMILES string of the molecule is CC1(C)CS(=O)c2[nH]c(=O)c(C3CCNCC3)cc21.Cl. The summed E-state index contributed by atoms with van der Waals surface area (Å²) >= 11 is 0. The Morgan fingerprint density at radius 3 is 2.60 bits per heavy atom. The van der Waals surface area contributed by atoms with E-state index in [1.807, 2.05) is 6.07 Å². The third-order valence-corrected chi connectivity index (χ3v) is 6.02. The minimum absolute atomic E-state index is 0. The van der Waals surface area contributed by atoms with Gasteiger partial charge in [0.1, 0.15) is 5.03 Å². The number of rotatable bonds is 1. The number of hydrogen-bond donors (Lipinski definition) is 2. The molecule has 0 aliphatic carbocycles. The number of aromatic amines is 1. The molecule has 0 radical (unpaired) electrons. The van der Waals surface area contributed by atoms with E-state index < -0.39 is 10.8 Å². The normalized spacial score (nSPS) is 25.0. The first-order chi connectivity index (χ1) is 8.99. The number of H-pyrrole nitrogens is 1. The third-order valence-electron chi connectivity index (χ3n) is 4.26. The van der Waals surface area contributed by atoms with Crippen LogP contribution < -0.4 is 10.9 Å². The van der Waals surface area contributed by atoms with Gasteiger partial charge >= 0.3 is 0 Å². The predicted octanol–water partition coefficient (Wildman–Crippen LogP) is 1.66. The summed E-state index contributed by atoms with van der Waals surface area (Å²) in [5.74, 6) is 0.939. The summed E-state index contributed by atoms with van der Waals surface area (Å²) in [7, 11) is -1.06. The van der Waals surface area contributed by atoms with Crippen LogP contribution in [0.2, 0.25) is 0 Å². The van der Waals surface area contributed by atoms with E-state index in [4.69, 9.17) is 0 Å². The van der Waals surface area contributed by atoms with E-state index in [0.717, 1.165) is 37.1 Å².